The maximum atomic E-state index is 10.4. The molecular weight excluding hydrogens is 216 g/mol. The molecule has 1 aliphatic rings. The van der Waals surface area contributed by atoms with Crippen molar-refractivity contribution in [2.45, 2.75) is 25.9 Å². The lowest BCUT2D eigenvalue weighted by Crippen LogP contribution is -2.24. The molecule has 0 amide bonds. The first-order valence-corrected chi connectivity index (χ1v) is 6.12. The van der Waals surface area contributed by atoms with Crippen LogP contribution >= 0.6 is 0 Å². The van der Waals surface area contributed by atoms with E-state index in [2.05, 4.69) is 0 Å². The monoisotopic (exact) mass is 236 g/mol. The molecule has 2 rings (SSSR count). The van der Waals surface area contributed by atoms with Gasteiger partial charge in [0.15, 0.2) is 0 Å². The van der Waals surface area contributed by atoms with Crippen molar-refractivity contribution in [2.75, 3.05) is 20.3 Å². The predicted molar refractivity (Wildman–Crippen MR) is 66.2 cm³/mol. The fraction of sp³-hybridized carbons (Fsp3) is 0.571. The molecule has 0 aliphatic carbocycles. The highest BCUT2D eigenvalue weighted by atomic mass is 16.5. The first-order valence-electron chi connectivity index (χ1n) is 6.12. The molecule has 1 aromatic rings. The van der Waals surface area contributed by atoms with Crippen LogP contribution in [0.3, 0.4) is 0 Å². The van der Waals surface area contributed by atoms with Crippen molar-refractivity contribution in [3.63, 3.8) is 0 Å². The summed E-state index contributed by atoms with van der Waals surface area (Å²) in [5.74, 6) is 0.938. The minimum absolute atomic E-state index is 0.180. The minimum atomic E-state index is -0.495. The van der Waals surface area contributed by atoms with Crippen molar-refractivity contribution in [1.82, 2.24) is 0 Å². The van der Waals surface area contributed by atoms with Gasteiger partial charge in [-0.3, -0.25) is 0 Å². The largest absolute Gasteiger partial charge is 0.496 e. The van der Waals surface area contributed by atoms with Crippen LogP contribution in [0.1, 0.15) is 30.1 Å². The zero-order valence-corrected chi connectivity index (χ0v) is 10.5. The highest BCUT2D eigenvalue weighted by Crippen LogP contribution is 2.34. The zero-order valence-electron chi connectivity index (χ0n) is 10.5. The molecule has 1 saturated heterocycles. The number of aliphatic hydroxyl groups is 1. The third-order valence-electron chi connectivity index (χ3n) is 3.35. The molecule has 94 valence electrons. The first-order chi connectivity index (χ1) is 8.22. The second-order valence-corrected chi connectivity index (χ2v) is 4.67. The number of hydrogen-bond acceptors (Lipinski definition) is 3. The summed E-state index contributed by atoms with van der Waals surface area (Å²) in [6.07, 6.45) is 1.54. The van der Waals surface area contributed by atoms with Gasteiger partial charge in [-0.2, -0.15) is 0 Å². The number of aliphatic hydroxyl groups excluding tert-OH is 1. The fourth-order valence-corrected chi connectivity index (χ4v) is 2.35. The molecule has 3 heteroatoms. The van der Waals surface area contributed by atoms with Crippen LogP contribution in [0.2, 0.25) is 0 Å². The van der Waals surface area contributed by atoms with Crippen LogP contribution in [0, 0.1) is 12.8 Å². The topological polar surface area (TPSA) is 38.7 Å². The van der Waals surface area contributed by atoms with E-state index in [1.807, 2.05) is 25.1 Å². The molecule has 1 aromatic carbocycles. The van der Waals surface area contributed by atoms with E-state index in [1.165, 1.54) is 0 Å². The Morgan fingerprint density at radius 1 is 1.47 bits per heavy atom. The molecule has 0 spiro atoms. The van der Waals surface area contributed by atoms with Crippen LogP contribution in [0.25, 0.3) is 0 Å². The van der Waals surface area contributed by atoms with Crippen LogP contribution in [0.15, 0.2) is 18.2 Å². The quantitative estimate of drug-likeness (QED) is 0.876. The zero-order chi connectivity index (χ0) is 12.3. The molecule has 1 heterocycles. The van der Waals surface area contributed by atoms with E-state index in [-0.39, 0.29) is 5.92 Å². The Hall–Kier alpha value is -1.06. The van der Waals surface area contributed by atoms with Gasteiger partial charge >= 0.3 is 0 Å². The van der Waals surface area contributed by atoms with Gasteiger partial charge in [0.1, 0.15) is 5.75 Å². The van der Waals surface area contributed by atoms with E-state index in [0.717, 1.165) is 36.3 Å². The molecule has 2 atom stereocenters. The maximum absolute atomic E-state index is 10.4. The molecule has 17 heavy (non-hydrogen) atoms. The third-order valence-corrected chi connectivity index (χ3v) is 3.35. The third kappa shape index (κ3) is 2.79. The summed E-state index contributed by atoms with van der Waals surface area (Å²) in [6, 6.07) is 5.90. The molecule has 0 saturated carbocycles. The van der Waals surface area contributed by atoms with Crippen molar-refractivity contribution in [3.8, 4) is 5.75 Å². The summed E-state index contributed by atoms with van der Waals surface area (Å²) >= 11 is 0. The number of hydrogen-bond donors (Lipinski definition) is 1. The summed E-state index contributed by atoms with van der Waals surface area (Å²) in [5.41, 5.74) is 2.01. The standard InChI is InChI=1S/C14H20O3/c1-10-5-6-13(16-2)12(8-10)14(15)11-4-3-7-17-9-11/h5-6,8,11,14-15H,3-4,7,9H2,1-2H3. The SMILES string of the molecule is COc1ccc(C)cc1C(O)C1CCCOC1. The number of methoxy groups -OCH3 is 1. The highest BCUT2D eigenvalue weighted by molar-refractivity contribution is 5.38. The Bertz CT molecular complexity index is 370. The molecule has 3 nitrogen and oxygen atoms in total. The molecule has 0 radical (unpaired) electrons. The van der Waals surface area contributed by atoms with E-state index in [0.29, 0.717) is 6.61 Å². The molecular formula is C14H20O3. The Kier molecular flexibility index (Phi) is 4.02. The Morgan fingerprint density at radius 2 is 2.29 bits per heavy atom. The van der Waals surface area contributed by atoms with Gasteiger partial charge in [-0.15, -0.1) is 0 Å². The van der Waals surface area contributed by atoms with Crippen molar-refractivity contribution < 1.29 is 14.6 Å². The number of ether oxygens (including phenoxy) is 2. The second kappa shape index (κ2) is 5.52. The minimum Gasteiger partial charge on any atom is -0.496 e. The summed E-state index contributed by atoms with van der Waals surface area (Å²) < 4.78 is 10.7. The Morgan fingerprint density at radius 3 is 2.94 bits per heavy atom. The molecule has 0 bridgehead atoms. The van der Waals surface area contributed by atoms with E-state index < -0.39 is 6.10 Å². The average molecular weight is 236 g/mol. The molecule has 1 aliphatic heterocycles. The van der Waals surface area contributed by atoms with Crippen LogP contribution < -0.4 is 4.74 Å². The normalized spacial score (nSPS) is 22.2. The molecule has 1 N–H and O–H groups in total. The number of aryl methyl sites for hydroxylation is 1. The number of benzene rings is 1. The molecule has 0 aromatic heterocycles. The van der Waals surface area contributed by atoms with Gasteiger partial charge in [0.25, 0.3) is 0 Å². The lowest BCUT2D eigenvalue weighted by molar-refractivity contribution is -0.0107. The van der Waals surface area contributed by atoms with Crippen molar-refractivity contribution in [1.29, 1.82) is 0 Å². The van der Waals surface area contributed by atoms with Crippen molar-refractivity contribution >= 4 is 0 Å². The molecule has 2 unspecified atom stereocenters. The van der Waals surface area contributed by atoms with Crippen LogP contribution in [-0.4, -0.2) is 25.4 Å². The van der Waals surface area contributed by atoms with Gasteiger partial charge < -0.3 is 14.6 Å². The summed E-state index contributed by atoms with van der Waals surface area (Å²) in [5, 5.41) is 10.4. The van der Waals surface area contributed by atoms with E-state index in [9.17, 15) is 5.11 Å². The van der Waals surface area contributed by atoms with E-state index in [1.54, 1.807) is 7.11 Å². The van der Waals surface area contributed by atoms with Gasteiger partial charge in [-0.05, 0) is 31.9 Å². The predicted octanol–water partition coefficient (Wildman–Crippen LogP) is 2.46. The van der Waals surface area contributed by atoms with E-state index >= 15 is 0 Å². The van der Waals surface area contributed by atoms with Crippen molar-refractivity contribution in [2.24, 2.45) is 5.92 Å². The lowest BCUT2D eigenvalue weighted by Gasteiger charge is -2.28. The average Bonchev–Trinajstić information content (AvgIpc) is 2.39. The number of rotatable bonds is 3. The Balaban J connectivity index is 2.21. The van der Waals surface area contributed by atoms with Crippen LogP contribution in [-0.2, 0) is 4.74 Å². The lowest BCUT2D eigenvalue weighted by atomic mass is 9.90. The van der Waals surface area contributed by atoms with Crippen molar-refractivity contribution in [3.05, 3.63) is 29.3 Å². The fourth-order valence-electron chi connectivity index (χ4n) is 2.35. The molecule has 1 fully saturated rings. The van der Waals surface area contributed by atoms with Gasteiger partial charge in [0.2, 0.25) is 0 Å². The van der Waals surface area contributed by atoms with Gasteiger partial charge in [-0.1, -0.05) is 11.6 Å². The summed E-state index contributed by atoms with van der Waals surface area (Å²) in [4.78, 5) is 0. The van der Waals surface area contributed by atoms with Crippen LogP contribution in [0.5, 0.6) is 5.75 Å². The van der Waals surface area contributed by atoms with Gasteiger partial charge in [0.05, 0.1) is 19.8 Å². The van der Waals surface area contributed by atoms with Crippen LogP contribution in [0.4, 0.5) is 0 Å². The first kappa shape index (κ1) is 12.4. The van der Waals surface area contributed by atoms with Gasteiger partial charge in [-0.25, -0.2) is 0 Å². The maximum Gasteiger partial charge on any atom is 0.124 e. The summed E-state index contributed by atoms with van der Waals surface area (Å²) in [7, 11) is 1.64. The smallest absolute Gasteiger partial charge is 0.124 e. The second-order valence-electron chi connectivity index (χ2n) is 4.67. The highest BCUT2D eigenvalue weighted by Gasteiger charge is 2.26. The summed E-state index contributed by atoms with van der Waals surface area (Å²) in [6.45, 7) is 3.47. The van der Waals surface area contributed by atoms with E-state index in [4.69, 9.17) is 9.47 Å². The Labute approximate surface area is 102 Å². The van der Waals surface area contributed by atoms with Gasteiger partial charge in [0, 0.05) is 18.1 Å².